The fraction of sp³-hybridized carbons (Fsp3) is 0.476. The Morgan fingerprint density at radius 3 is 2.75 bits per heavy atom. The van der Waals surface area contributed by atoms with Crippen LogP contribution in [0.3, 0.4) is 0 Å². The molecule has 0 unspecified atom stereocenters. The first-order valence-electron chi connectivity index (χ1n) is 9.84. The Hall–Kier alpha value is -2.83. The summed E-state index contributed by atoms with van der Waals surface area (Å²) in [4.78, 5) is 13.4. The van der Waals surface area contributed by atoms with E-state index >= 15 is 0 Å². The number of aromatic nitrogens is 3. The van der Waals surface area contributed by atoms with Crippen molar-refractivity contribution in [3.05, 3.63) is 48.4 Å². The number of nitrogens with zero attached hydrogens (tertiary/aromatic N) is 4. The summed E-state index contributed by atoms with van der Waals surface area (Å²) in [5, 5.41) is 6.64. The highest BCUT2D eigenvalue weighted by Crippen LogP contribution is 2.22. The predicted molar refractivity (Wildman–Crippen MR) is 112 cm³/mol. The molecule has 0 saturated heterocycles. The highest BCUT2D eigenvalue weighted by molar-refractivity contribution is 5.79. The average Bonchev–Trinajstić information content (AvgIpc) is 3.30. The molecule has 0 atom stereocenters. The van der Waals surface area contributed by atoms with E-state index in [1.807, 2.05) is 24.5 Å². The van der Waals surface area contributed by atoms with Gasteiger partial charge in [0.05, 0.1) is 23.6 Å². The second-order valence-corrected chi connectivity index (χ2v) is 7.77. The van der Waals surface area contributed by atoms with Crippen molar-refractivity contribution < 1.29 is 4.42 Å². The lowest BCUT2D eigenvalue weighted by molar-refractivity contribution is 0.383. The number of rotatable bonds is 7. The van der Waals surface area contributed by atoms with Gasteiger partial charge in [-0.15, -0.1) is 0 Å². The zero-order valence-corrected chi connectivity index (χ0v) is 17.2. The van der Waals surface area contributed by atoms with Crippen molar-refractivity contribution in [1.82, 2.24) is 25.2 Å². The molecule has 2 heterocycles. The first-order chi connectivity index (χ1) is 13.5. The molecule has 2 aromatic heterocycles. The van der Waals surface area contributed by atoms with Crippen LogP contribution < -0.4 is 10.6 Å². The summed E-state index contributed by atoms with van der Waals surface area (Å²) in [6.45, 7) is 11.3. The third kappa shape index (κ3) is 5.12. The van der Waals surface area contributed by atoms with Gasteiger partial charge in [0, 0.05) is 25.0 Å². The van der Waals surface area contributed by atoms with E-state index in [-0.39, 0.29) is 5.41 Å². The van der Waals surface area contributed by atoms with E-state index in [1.54, 1.807) is 6.20 Å². The molecule has 150 valence electrons. The lowest BCUT2D eigenvalue weighted by Gasteiger charge is -2.13. The lowest BCUT2D eigenvalue weighted by atomic mass is 9.94. The second kappa shape index (κ2) is 8.91. The van der Waals surface area contributed by atoms with E-state index in [9.17, 15) is 0 Å². The molecule has 1 aromatic carbocycles. The molecular weight excluding hydrogens is 352 g/mol. The van der Waals surface area contributed by atoms with Gasteiger partial charge in [0.2, 0.25) is 5.89 Å². The van der Waals surface area contributed by atoms with Crippen molar-refractivity contribution in [2.75, 3.05) is 13.1 Å². The van der Waals surface area contributed by atoms with Gasteiger partial charge < -0.3 is 19.6 Å². The molecule has 28 heavy (non-hydrogen) atoms. The number of nitrogens with one attached hydrogen (secondary N) is 2. The molecule has 0 amide bonds. The quantitative estimate of drug-likeness (QED) is 0.372. The Labute approximate surface area is 166 Å². The lowest BCUT2D eigenvalue weighted by Crippen LogP contribution is -2.38. The van der Waals surface area contributed by atoms with Gasteiger partial charge in [0.25, 0.3) is 0 Å². The summed E-state index contributed by atoms with van der Waals surface area (Å²) in [7, 11) is 0. The minimum absolute atomic E-state index is 0.0464. The molecule has 0 aliphatic rings. The molecule has 3 rings (SSSR count). The first-order valence-corrected chi connectivity index (χ1v) is 9.84. The summed E-state index contributed by atoms with van der Waals surface area (Å²) in [5.41, 5.74) is 2.16. The number of aliphatic imine (C=N–C) groups is 1. The fourth-order valence-corrected chi connectivity index (χ4v) is 2.86. The number of oxazole rings is 1. The largest absolute Gasteiger partial charge is 0.443 e. The molecule has 3 aromatic rings. The van der Waals surface area contributed by atoms with Crippen molar-refractivity contribution >= 4 is 17.0 Å². The van der Waals surface area contributed by atoms with Crippen LogP contribution in [0, 0.1) is 0 Å². The van der Waals surface area contributed by atoms with E-state index in [0.717, 1.165) is 43.3 Å². The van der Waals surface area contributed by atoms with E-state index in [0.29, 0.717) is 12.4 Å². The second-order valence-electron chi connectivity index (χ2n) is 7.77. The van der Waals surface area contributed by atoms with Gasteiger partial charge >= 0.3 is 0 Å². The maximum absolute atomic E-state index is 5.81. The molecule has 0 aliphatic heterocycles. The van der Waals surface area contributed by atoms with Gasteiger partial charge in [-0.1, -0.05) is 32.9 Å². The number of para-hydroxylation sites is 2. The zero-order valence-electron chi connectivity index (χ0n) is 17.2. The Morgan fingerprint density at radius 2 is 2.00 bits per heavy atom. The normalized spacial score (nSPS) is 12.5. The van der Waals surface area contributed by atoms with E-state index < -0.39 is 0 Å². The number of hydrogen-bond donors (Lipinski definition) is 2. The van der Waals surface area contributed by atoms with E-state index in [4.69, 9.17) is 4.42 Å². The fourth-order valence-electron chi connectivity index (χ4n) is 2.86. The van der Waals surface area contributed by atoms with Crippen LogP contribution in [-0.4, -0.2) is 33.6 Å². The molecule has 0 spiro atoms. The van der Waals surface area contributed by atoms with Crippen LogP contribution in [0.2, 0.25) is 0 Å². The summed E-state index contributed by atoms with van der Waals surface area (Å²) >= 11 is 0. The highest BCUT2D eigenvalue weighted by atomic mass is 16.4. The number of benzene rings is 1. The monoisotopic (exact) mass is 382 g/mol. The molecule has 0 bridgehead atoms. The van der Waals surface area contributed by atoms with E-state index in [1.165, 1.54) is 5.52 Å². The summed E-state index contributed by atoms with van der Waals surface area (Å²) < 4.78 is 7.99. The first kappa shape index (κ1) is 19.9. The number of fused-ring (bicyclic) bond motifs is 1. The van der Waals surface area contributed by atoms with Crippen LogP contribution in [0.25, 0.3) is 11.0 Å². The van der Waals surface area contributed by atoms with Gasteiger partial charge in [-0.2, -0.15) is 0 Å². The zero-order chi connectivity index (χ0) is 20.0. The van der Waals surface area contributed by atoms with Crippen molar-refractivity contribution in [2.24, 2.45) is 4.99 Å². The standard InChI is InChI=1S/C21H30N6O/c1-5-22-20(25-14-19-24-13-18(28-19)21(2,3)4)23-11-8-12-27-15-26-16-9-6-7-10-17(16)27/h6-7,9-10,13,15H,5,8,11-12,14H2,1-4H3,(H2,22,23,25). The van der Waals surface area contributed by atoms with Gasteiger partial charge in [-0.25, -0.2) is 15.0 Å². The third-order valence-electron chi connectivity index (χ3n) is 4.41. The van der Waals surface area contributed by atoms with Gasteiger partial charge in [-0.05, 0) is 25.5 Å². The molecule has 0 radical (unpaired) electrons. The Balaban J connectivity index is 1.51. The van der Waals surface area contributed by atoms with Gasteiger partial charge in [0.1, 0.15) is 12.3 Å². The third-order valence-corrected chi connectivity index (χ3v) is 4.41. The van der Waals surface area contributed by atoms with Crippen LogP contribution in [0.15, 0.2) is 46.2 Å². The Bertz CT molecular complexity index is 918. The van der Waals surface area contributed by atoms with E-state index in [2.05, 4.69) is 63.9 Å². The maximum Gasteiger partial charge on any atom is 0.216 e. The average molecular weight is 383 g/mol. The van der Waals surface area contributed by atoms with Crippen LogP contribution in [0.5, 0.6) is 0 Å². The maximum atomic E-state index is 5.81. The smallest absolute Gasteiger partial charge is 0.216 e. The Morgan fingerprint density at radius 1 is 1.18 bits per heavy atom. The summed E-state index contributed by atoms with van der Waals surface area (Å²) in [5.74, 6) is 2.28. The van der Waals surface area contributed by atoms with Crippen molar-refractivity contribution in [3.8, 4) is 0 Å². The predicted octanol–water partition coefficient (Wildman–Crippen LogP) is 3.47. The SMILES string of the molecule is CCNC(=NCc1ncc(C(C)(C)C)o1)NCCCn1cnc2ccccc21. The van der Waals surface area contributed by atoms with Crippen molar-refractivity contribution in [3.63, 3.8) is 0 Å². The minimum atomic E-state index is -0.0464. The van der Waals surface area contributed by atoms with Crippen LogP contribution >= 0.6 is 0 Å². The molecule has 0 aliphatic carbocycles. The molecule has 0 fully saturated rings. The van der Waals surface area contributed by atoms with Crippen LogP contribution in [-0.2, 0) is 18.5 Å². The summed E-state index contributed by atoms with van der Waals surface area (Å²) in [6.07, 6.45) is 4.66. The molecule has 0 saturated carbocycles. The number of aryl methyl sites for hydroxylation is 1. The van der Waals surface area contributed by atoms with Crippen LogP contribution in [0.1, 0.15) is 45.8 Å². The highest BCUT2D eigenvalue weighted by Gasteiger charge is 2.19. The van der Waals surface area contributed by atoms with Crippen molar-refractivity contribution in [2.45, 2.75) is 52.6 Å². The van der Waals surface area contributed by atoms with Crippen molar-refractivity contribution in [1.29, 1.82) is 0 Å². The van der Waals surface area contributed by atoms with Crippen LogP contribution in [0.4, 0.5) is 0 Å². The van der Waals surface area contributed by atoms with Gasteiger partial charge in [0.15, 0.2) is 5.96 Å². The topological polar surface area (TPSA) is 80.3 Å². The number of imidazole rings is 1. The van der Waals surface area contributed by atoms with Gasteiger partial charge in [-0.3, -0.25) is 0 Å². The number of hydrogen-bond acceptors (Lipinski definition) is 4. The molecule has 7 heteroatoms. The Kier molecular flexibility index (Phi) is 6.34. The summed E-state index contributed by atoms with van der Waals surface area (Å²) in [6, 6.07) is 8.19. The number of guanidine groups is 1. The molecular formula is C21H30N6O. The molecule has 7 nitrogen and oxygen atoms in total. The minimum Gasteiger partial charge on any atom is -0.443 e. The molecule has 2 N–H and O–H groups in total.